The molecule has 0 aromatic heterocycles. The molecule has 106 valence electrons. The number of benzene rings is 2. The van der Waals surface area contributed by atoms with Gasteiger partial charge in [-0.3, -0.25) is 0 Å². The molecule has 2 aromatic carbocycles. The summed E-state index contributed by atoms with van der Waals surface area (Å²) in [5.74, 6) is 0.990. The highest BCUT2D eigenvalue weighted by Gasteiger charge is 2.10. The molecule has 0 heterocycles. The average molecular weight is 306 g/mol. The molecule has 0 spiro atoms. The van der Waals surface area contributed by atoms with Crippen molar-refractivity contribution in [3.63, 3.8) is 0 Å². The van der Waals surface area contributed by atoms with Gasteiger partial charge >= 0.3 is 0 Å². The molecule has 2 rings (SSSR count). The van der Waals surface area contributed by atoms with Gasteiger partial charge in [0.25, 0.3) is 0 Å². The van der Waals surface area contributed by atoms with E-state index in [1.807, 2.05) is 37.0 Å². The Morgan fingerprint density at radius 1 is 1.15 bits per heavy atom. The van der Waals surface area contributed by atoms with E-state index in [4.69, 9.17) is 11.6 Å². The standard InChI is InChI=1S/C17H20ClNS/c1-3-13-6-4-7-14(10-13)17(19-2)12-20-16-9-5-8-15(18)11-16/h4-11,17,19H,3,12H2,1-2H3. The van der Waals surface area contributed by atoms with Crippen LogP contribution >= 0.6 is 23.4 Å². The second-order valence-corrected chi connectivity index (χ2v) is 6.24. The van der Waals surface area contributed by atoms with Crippen molar-refractivity contribution < 1.29 is 0 Å². The topological polar surface area (TPSA) is 12.0 Å². The second kappa shape index (κ2) is 7.72. The first-order valence-corrected chi connectivity index (χ1v) is 8.23. The van der Waals surface area contributed by atoms with E-state index < -0.39 is 0 Å². The lowest BCUT2D eigenvalue weighted by atomic mass is 10.0. The lowest BCUT2D eigenvalue weighted by Gasteiger charge is -2.17. The summed E-state index contributed by atoms with van der Waals surface area (Å²) < 4.78 is 0. The molecule has 0 fully saturated rings. The SMILES string of the molecule is CCc1cccc(C(CSc2cccc(Cl)c2)NC)c1. The van der Waals surface area contributed by atoms with Crippen LogP contribution in [-0.4, -0.2) is 12.8 Å². The van der Waals surface area contributed by atoms with E-state index in [-0.39, 0.29) is 0 Å². The zero-order valence-corrected chi connectivity index (χ0v) is 13.5. The van der Waals surface area contributed by atoms with E-state index in [2.05, 4.69) is 42.6 Å². The molecule has 3 heteroatoms. The van der Waals surface area contributed by atoms with Gasteiger partial charge in [0.2, 0.25) is 0 Å². The molecule has 20 heavy (non-hydrogen) atoms. The monoisotopic (exact) mass is 305 g/mol. The summed E-state index contributed by atoms with van der Waals surface area (Å²) in [4.78, 5) is 1.21. The van der Waals surface area contributed by atoms with Gasteiger partial charge in [0.1, 0.15) is 0 Å². The van der Waals surface area contributed by atoms with Crippen LogP contribution in [0.3, 0.4) is 0 Å². The van der Waals surface area contributed by atoms with Gasteiger partial charge in [-0.25, -0.2) is 0 Å². The number of nitrogens with one attached hydrogen (secondary N) is 1. The van der Waals surface area contributed by atoms with Crippen LogP contribution in [0.1, 0.15) is 24.1 Å². The number of aryl methyl sites for hydroxylation is 1. The van der Waals surface area contributed by atoms with Gasteiger partial charge in [-0.15, -0.1) is 11.8 Å². The summed E-state index contributed by atoms with van der Waals surface area (Å²) in [5.41, 5.74) is 2.73. The smallest absolute Gasteiger partial charge is 0.0417 e. The fourth-order valence-corrected chi connectivity index (χ4v) is 3.47. The third kappa shape index (κ3) is 4.27. The van der Waals surface area contributed by atoms with Crippen LogP contribution in [-0.2, 0) is 6.42 Å². The Morgan fingerprint density at radius 3 is 2.65 bits per heavy atom. The minimum atomic E-state index is 0.352. The molecule has 0 aliphatic heterocycles. The Bertz CT molecular complexity index is 556. The van der Waals surface area contributed by atoms with E-state index >= 15 is 0 Å². The average Bonchev–Trinajstić information content (AvgIpc) is 2.48. The van der Waals surface area contributed by atoms with Crippen LogP contribution in [0.25, 0.3) is 0 Å². The van der Waals surface area contributed by atoms with Gasteiger partial charge in [-0.05, 0) is 42.8 Å². The molecule has 0 radical (unpaired) electrons. The Hall–Kier alpha value is -0.960. The molecule has 1 unspecified atom stereocenters. The molecular formula is C17H20ClNS. The van der Waals surface area contributed by atoms with Crippen molar-refractivity contribution in [1.82, 2.24) is 5.32 Å². The molecule has 0 saturated heterocycles. The normalized spacial score (nSPS) is 12.3. The summed E-state index contributed by atoms with van der Waals surface area (Å²) >= 11 is 7.85. The highest BCUT2D eigenvalue weighted by molar-refractivity contribution is 7.99. The van der Waals surface area contributed by atoms with Crippen molar-refractivity contribution >= 4 is 23.4 Å². The highest BCUT2D eigenvalue weighted by Crippen LogP contribution is 2.26. The molecule has 1 N–H and O–H groups in total. The van der Waals surface area contributed by atoms with Gasteiger partial charge in [-0.2, -0.15) is 0 Å². The number of hydrogen-bond donors (Lipinski definition) is 1. The maximum atomic E-state index is 6.02. The summed E-state index contributed by atoms with van der Waals surface area (Å²) in [6.45, 7) is 2.19. The van der Waals surface area contributed by atoms with Crippen LogP contribution in [0.4, 0.5) is 0 Å². The van der Waals surface area contributed by atoms with Crippen molar-refractivity contribution in [2.45, 2.75) is 24.3 Å². The predicted octanol–water partition coefficient (Wildman–Crippen LogP) is 4.96. The Balaban J connectivity index is 2.05. The first kappa shape index (κ1) is 15.4. The molecular weight excluding hydrogens is 286 g/mol. The Labute approximate surface area is 130 Å². The van der Waals surface area contributed by atoms with E-state index in [0.29, 0.717) is 6.04 Å². The maximum Gasteiger partial charge on any atom is 0.0417 e. The third-order valence-electron chi connectivity index (χ3n) is 3.32. The van der Waals surface area contributed by atoms with E-state index in [1.54, 1.807) is 0 Å². The summed E-state index contributed by atoms with van der Waals surface area (Å²) in [6.07, 6.45) is 1.08. The first-order chi connectivity index (χ1) is 9.72. The highest BCUT2D eigenvalue weighted by atomic mass is 35.5. The number of hydrogen-bond acceptors (Lipinski definition) is 2. The van der Waals surface area contributed by atoms with Crippen molar-refractivity contribution in [3.05, 3.63) is 64.7 Å². The zero-order chi connectivity index (χ0) is 14.4. The number of thioether (sulfide) groups is 1. The molecule has 0 bridgehead atoms. The second-order valence-electron chi connectivity index (χ2n) is 4.71. The molecule has 0 aliphatic carbocycles. The lowest BCUT2D eigenvalue weighted by molar-refractivity contribution is 0.661. The molecule has 1 nitrogen and oxygen atoms in total. The van der Waals surface area contributed by atoms with Crippen LogP contribution in [0, 0.1) is 0 Å². The van der Waals surface area contributed by atoms with Gasteiger partial charge in [-0.1, -0.05) is 48.9 Å². The van der Waals surface area contributed by atoms with Gasteiger partial charge in [0, 0.05) is 21.7 Å². The van der Waals surface area contributed by atoms with E-state index in [0.717, 1.165) is 17.2 Å². The van der Waals surface area contributed by atoms with Gasteiger partial charge in [0.05, 0.1) is 0 Å². The van der Waals surface area contributed by atoms with Crippen molar-refractivity contribution in [1.29, 1.82) is 0 Å². The van der Waals surface area contributed by atoms with Crippen molar-refractivity contribution in [3.8, 4) is 0 Å². The largest absolute Gasteiger partial charge is 0.312 e. The van der Waals surface area contributed by atoms with E-state index in [1.165, 1.54) is 16.0 Å². The number of halogens is 1. The minimum absolute atomic E-state index is 0.352. The summed E-state index contributed by atoms with van der Waals surface area (Å²) in [5, 5.41) is 4.20. The van der Waals surface area contributed by atoms with Crippen LogP contribution in [0.5, 0.6) is 0 Å². The van der Waals surface area contributed by atoms with Crippen molar-refractivity contribution in [2.24, 2.45) is 0 Å². The third-order valence-corrected chi connectivity index (χ3v) is 4.65. The molecule has 0 amide bonds. The molecule has 0 aliphatic rings. The van der Waals surface area contributed by atoms with Gasteiger partial charge < -0.3 is 5.32 Å². The Kier molecular flexibility index (Phi) is 5.96. The zero-order valence-electron chi connectivity index (χ0n) is 11.9. The molecule has 2 aromatic rings. The summed E-state index contributed by atoms with van der Waals surface area (Å²) in [6, 6.07) is 17.2. The van der Waals surface area contributed by atoms with Crippen LogP contribution < -0.4 is 5.32 Å². The fourth-order valence-electron chi connectivity index (χ4n) is 2.11. The first-order valence-electron chi connectivity index (χ1n) is 6.87. The summed E-state index contributed by atoms with van der Waals surface area (Å²) in [7, 11) is 2.02. The quantitative estimate of drug-likeness (QED) is 0.757. The molecule has 0 saturated carbocycles. The maximum absolute atomic E-state index is 6.02. The van der Waals surface area contributed by atoms with Crippen molar-refractivity contribution in [2.75, 3.05) is 12.8 Å². The van der Waals surface area contributed by atoms with Crippen LogP contribution in [0.2, 0.25) is 5.02 Å². The van der Waals surface area contributed by atoms with E-state index in [9.17, 15) is 0 Å². The Morgan fingerprint density at radius 2 is 1.95 bits per heavy atom. The fraction of sp³-hybridized carbons (Fsp3) is 0.294. The minimum Gasteiger partial charge on any atom is -0.312 e. The predicted molar refractivity (Wildman–Crippen MR) is 89.8 cm³/mol. The lowest BCUT2D eigenvalue weighted by Crippen LogP contribution is -2.18. The number of rotatable bonds is 6. The molecule has 1 atom stereocenters. The van der Waals surface area contributed by atoms with Gasteiger partial charge in [0.15, 0.2) is 0 Å². The van der Waals surface area contributed by atoms with Crippen LogP contribution in [0.15, 0.2) is 53.4 Å².